The summed E-state index contributed by atoms with van der Waals surface area (Å²) in [4.78, 5) is 0.0479. The zero-order valence-electron chi connectivity index (χ0n) is 14.4. The molecule has 9 heteroatoms. The molecule has 0 bridgehead atoms. The van der Waals surface area contributed by atoms with Gasteiger partial charge in [-0.15, -0.1) is 0 Å². The molecule has 0 atom stereocenters. The number of benzene rings is 2. The van der Waals surface area contributed by atoms with Gasteiger partial charge >= 0.3 is 0 Å². The van der Waals surface area contributed by atoms with Crippen LogP contribution in [-0.4, -0.2) is 29.1 Å². The summed E-state index contributed by atoms with van der Waals surface area (Å²) in [6.07, 6.45) is 0.555. The summed E-state index contributed by atoms with van der Waals surface area (Å²) in [7, 11) is -7.18. The van der Waals surface area contributed by atoms with Crippen LogP contribution in [0.2, 0.25) is 5.02 Å². The van der Waals surface area contributed by atoms with E-state index in [1.54, 1.807) is 38.1 Å². The van der Waals surface area contributed by atoms with Crippen LogP contribution in [0.3, 0.4) is 0 Å². The van der Waals surface area contributed by atoms with E-state index in [-0.39, 0.29) is 10.6 Å². The summed E-state index contributed by atoms with van der Waals surface area (Å²) >= 11 is 6.03. The van der Waals surface area contributed by atoms with Gasteiger partial charge in [0.25, 0.3) is 10.0 Å². The first-order chi connectivity index (χ1) is 12.1. The highest BCUT2D eigenvalue weighted by Gasteiger charge is 2.29. The second kappa shape index (κ2) is 6.75. The molecule has 1 heterocycles. The average Bonchev–Trinajstić information content (AvgIpc) is 2.91. The predicted octanol–water partition coefficient (Wildman–Crippen LogP) is 3.30. The van der Waals surface area contributed by atoms with E-state index in [9.17, 15) is 16.8 Å². The molecule has 0 radical (unpaired) electrons. The van der Waals surface area contributed by atoms with Gasteiger partial charge in [-0.3, -0.25) is 9.03 Å². The third kappa shape index (κ3) is 3.67. The van der Waals surface area contributed by atoms with Crippen molar-refractivity contribution in [2.75, 3.05) is 21.3 Å². The Bertz CT molecular complexity index is 1070. The number of nitrogens with one attached hydrogen (secondary N) is 1. The minimum absolute atomic E-state index is 0.0479. The fourth-order valence-electron chi connectivity index (χ4n) is 2.75. The Morgan fingerprint density at radius 3 is 2.38 bits per heavy atom. The Labute approximate surface area is 158 Å². The van der Waals surface area contributed by atoms with E-state index in [1.807, 2.05) is 0 Å². The van der Waals surface area contributed by atoms with E-state index in [2.05, 4.69) is 4.72 Å². The van der Waals surface area contributed by atoms with Crippen LogP contribution in [-0.2, 0) is 20.0 Å². The monoisotopic (exact) mass is 414 g/mol. The number of hydrogen-bond donors (Lipinski definition) is 1. The summed E-state index contributed by atoms with van der Waals surface area (Å²) in [5.74, 6) is 0.101. The molecule has 2 aromatic rings. The standard InChI is InChI=1S/C17H19ClN2O4S2/c1-12-5-7-15(11-16(12)18)26(23,24)19-17-10-14(6-4-13(17)2)20-8-3-9-25(20,21)22/h4-7,10-11,19H,3,8-9H2,1-2H3. The second-order valence-electron chi connectivity index (χ2n) is 6.26. The quantitative estimate of drug-likeness (QED) is 0.831. The topological polar surface area (TPSA) is 83.6 Å². The zero-order chi connectivity index (χ0) is 19.1. The summed E-state index contributed by atoms with van der Waals surface area (Å²) in [6.45, 7) is 3.93. The van der Waals surface area contributed by atoms with Gasteiger partial charge in [0.2, 0.25) is 10.0 Å². The Hall–Kier alpha value is -1.77. The van der Waals surface area contributed by atoms with Crippen LogP contribution in [0.4, 0.5) is 11.4 Å². The molecular formula is C17H19ClN2O4S2. The highest BCUT2D eigenvalue weighted by molar-refractivity contribution is 7.93. The number of halogens is 1. The van der Waals surface area contributed by atoms with E-state index in [1.165, 1.54) is 16.4 Å². The van der Waals surface area contributed by atoms with Gasteiger partial charge < -0.3 is 0 Å². The molecule has 0 saturated carbocycles. The molecule has 0 amide bonds. The van der Waals surface area contributed by atoms with E-state index >= 15 is 0 Å². The van der Waals surface area contributed by atoms with Crippen LogP contribution in [0.1, 0.15) is 17.5 Å². The number of anilines is 2. The van der Waals surface area contributed by atoms with Crippen molar-refractivity contribution in [2.24, 2.45) is 0 Å². The Morgan fingerprint density at radius 1 is 1.08 bits per heavy atom. The van der Waals surface area contributed by atoms with Gasteiger partial charge in [-0.05, 0) is 55.7 Å². The van der Waals surface area contributed by atoms with Gasteiger partial charge in [0.05, 0.1) is 22.0 Å². The molecule has 1 aliphatic heterocycles. The summed E-state index contributed by atoms with van der Waals surface area (Å²) < 4.78 is 53.4. The van der Waals surface area contributed by atoms with Gasteiger partial charge in [0.1, 0.15) is 0 Å². The Balaban J connectivity index is 1.96. The van der Waals surface area contributed by atoms with Gasteiger partial charge in [-0.1, -0.05) is 23.7 Å². The molecule has 0 aromatic heterocycles. The lowest BCUT2D eigenvalue weighted by Gasteiger charge is -2.19. The van der Waals surface area contributed by atoms with Crippen molar-refractivity contribution in [2.45, 2.75) is 25.2 Å². The highest BCUT2D eigenvalue weighted by Crippen LogP contribution is 2.30. The maximum Gasteiger partial charge on any atom is 0.261 e. The lowest BCUT2D eigenvalue weighted by Crippen LogP contribution is -2.25. The van der Waals surface area contributed by atoms with Crippen molar-refractivity contribution in [3.63, 3.8) is 0 Å². The second-order valence-corrected chi connectivity index (χ2v) is 10.4. The van der Waals surface area contributed by atoms with Crippen molar-refractivity contribution >= 4 is 43.0 Å². The smallest absolute Gasteiger partial charge is 0.261 e. The Kier molecular flexibility index (Phi) is 4.94. The molecule has 1 aliphatic rings. The van der Waals surface area contributed by atoms with Gasteiger partial charge in [-0.2, -0.15) is 0 Å². The minimum atomic E-state index is -3.85. The number of nitrogens with zero attached hydrogens (tertiary/aromatic N) is 1. The first kappa shape index (κ1) is 19.0. The molecule has 1 N–H and O–H groups in total. The fraction of sp³-hybridized carbons (Fsp3) is 0.294. The fourth-order valence-corrected chi connectivity index (χ4v) is 5.70. The van der Waals surface area contributed by atoms with Crippen LogP contribution in [0.15, 0.2) is 41.3 Å². The molecule has 0 unspecified atom stereocenters. The van der Waals surface area contributed by atoms with E-state index in [4.69, 9.17) is 11.6 Å². The van der Waals surface area contributed by atoms with Crippen molar-refractivity contribution in [1.29, 1.82) is 0 Å². The number of rotatable bonds is 4. The van der Waals surface area contributed by atoms with Gasteiger partial charge in [0, 0.05) is 11.6 Å². The molecule has 0 aliphatic carbocycles. The summed E-state index contributed by atoms with van der Waals surface area (Å²) in [5.41, 5.74) is 2.25. The normalized spacial score (nSPS) is 16.7. The third-order valence-electron chi connectivity index (χ3n) is 4.31. The first-order valence-electron chi connectivity index (χ1n) is 8.00. The number of aryl methyl sites for hydroxylation is 2. The molecule has 26 heavy (non-hydrogen) atoms. The lowest BCUT2D eigenvalue weighted by atomic mass is 10.2. The Morgan fingerprint density at radius 2 is 1.77 bits per heavy atom. The molecule has 1 fully saturated rings. The molecular weight excluding hydrogens is 396 g/mol. The van der Waals surface area contributed by atoms with Crippen molar-refractivity contribution in [1.82, 2.24) is 0 Å². The van der Waals surface area contributed by atoms with Crippen molar-refractivity contribution in [3.05, 3.63) is 52.5 Å². The summed E-state index contributed by atoms with van der Waals surface area (Å²) in [5, 5.41) is 0.363. The van der Waals surface area contributed by atoms with Crippen molar-refractivity contribution in [3.8, 4) is 0 Å². The minimum Gasteiger partial charge on any atom is -0.279 e. The summed E-state index contributed by atoms with van der Waals surface area (Å²) in [6, 6.07) is 9.43. The average molecular weight is 415 g/mol. The molecule has 140 valence electrons. The molecule has 3 rings (SSSR count). The van der Waals surface area contributed by atoms with Crippen LogP contribution >= 0.6 is 11.6 Å². The number of sulfonamides is 2. The largest absolute Gasteiger partial charge is 0.279 e. The molecule has 0 spiro atoms. The van der Waals surface area contributed by atoms with Crippen molar-refractivity contribution < 1.29 is 16.8 Å². The first-order valence-corrected chi connectivity index (χ1v) is 11.5. The number of hydrogen-bond acceptors (Lipinski definition) is 4. The SMILES string of the molecule is Cc1ccc(S(=O)(=O)Nc2cc(N3CCCS3(=O)=O)ccc2C)cc1Cl. The molecule has 6 nitrogen and oxygen atoms in total. The third-order valence-corrected chi connectivity index (χ3v) is 7.95. The van der Waals surface area contributed by atoms with Crippen LogP contribution in [0.25, 0.3) is 0 Å². The maximum absolute atomic E-state index is 12.7. The van der Waals surface area contributed by atoms with Crippen LogP contribution < -0.4 is 9.03 Å². The lowest BCUT2D eigenvalue weighted by molar-refractivity contribution is 0.598. The molecule has 1 saturated heterocycles. The molecule has 2 aromatic carbocycles. The van der Waals surface area contributed by atoms with Gasteiger partial charge in [0.15, 0.2) is 0 Å². The van der Waals surface area contributed by atoms with Crippen LogP contribution in [0.5, 0.6) is 0 Å². The maximum atomic E-state index is 12.7. The highest BCUT2D eigenvalue weighted by atomic mass is 35.5. The van der Waals surface area contributed by atoms with Gasteiger partial charge in [-0.25, -0.2) is 16.8 Å². The van der Waals surface area contributed by atoms with E-state index in [0.717, 1.165) is 5.56 Å². The predicted molar refractivity (Wildman–Crippen MR) is 104 cm³/mol. The van der Waals surface area contributed by atoms with Crippen LogP contribution in [0, 0.1) is 13.8 Å². The zero-order valence-corrected chi connectivity index (χ0v) is 16.7. The van der Waals surface area contributed by atoms with E-state index in [0.29, 0.717) is 34.9 Å². The van der Waals surface area contributed by atoms with E-state index < -0.39 is 20.0 Å².